The standard InChI is InChI=1S/C29H27N/c1-3-8-22(9-4-1)24-13-17-26(18-14-24)29(28-12-7-21-30-28)27-19-15-25(16-20-27)23-10-5-2-6-11-23/h1-6,8-11,13-20,28-30H,7,12,21H2/t28-/m1/s1. The van der Waals surface area contributed by atoms with E-state index in [1.807, 2.05) is 0 Å². The van der Waals surface area contributed by atoms with Gasteiger partial charge in [0.05, 0.1) is 0 Å². The van der Waals surface area contributed by atoms with Crippen molar-refractivity contribution in [2.75, 3.05) is 6.54 Å². The lowest BCUT2D eigenvalue weighted by atomic mass is 9.83. The second-order valence-corrected chi connectivity index (χ2v) is 8.16. The number of nitrogens with one attached hydrogen (secondary N) is 1. The Hall–Kier alpha value is -3.16. The summed E-state index contributed by atoms with van der Waals surface area (Å²) in [7, 11) is 0. The smallest absolute Gasteiger partial charge is 0.0243 e. The molecule has 0 amide bonds. The first-order chi connectivity index (χ1) is 14.9. The van der Waals surface area contributed by atoms with Crippen LogP contribution in [0.5, 0.6) is 0 Å². The highest BCUT2D eigenvalue weighted by Gasteiger charge is 2.27. The maximum absolute atomic E-state index is 3.75. The van der Waals surface area contributed by atoms with E-state index in [1.54, 1.807) is 0 Å². The predicted molar refractivity (Wildman–Crippen MR) is 127 cm³/mol. The van der Waals surface area contributed by atoms with Gasteiger partial charge < -0.3 is 5.32 Å². The predicted octanol–water partition coefficient (Wildman–Crippen LogP) is 6.90. The molecule has 1 fully saturated rings. The second kappa shape index (κ2) is 8.69. The van der Waals surface area contributed by atoms with Gasteiger partial charge >= 0.3 is 0 Å². The molecule has 5 rings (SSSR count). The quantitative estimate of drug-likeness (QED) is 0.391. The van der Waals surface area contributed by atoms with E-state index in [1.165, 1.54) is 46.2 Å². The minimum atomic E-state index is 0.377. The Labute approximate surface area is 179 Å². The molecule has 4 aromatic rings. The van der Waals surface area contributed by atoms with Crippen molar-refractivity contribution in [1.82, 2.24) is 5.32 Å². The molecule has 0 aliphatic carbocycles. The van der Waals surface area contributed by atoms with Crippen molar-refractivity contribution in [3.8, 4) is 22.3 Å². The molecule has 1 aliphatic rings. The van der Waals surface area contributed by atoms with Crippen LogP contribution in [0.25, 0.3) is 22.3 Å². The van der Waals surface area contributed by atoms with Crippen LogP contribution in [0, 0.1) is 0 Å². The first-order valence-corrected chi connectivity index (χ1v) is 10.9. The van der Waals surface area contributed by atoms with E-state index >= 15 is 0 Å². The number of hydrogen-bond donors (Lipinski definition) is 1. The first-order valence-electron chi connectivity index (χ1n) is 10.9. The van der Waals surface area contributed by atoms with Crippen molar-refractivity contribution in [2.45, 2.75) is 24.8 Å². The molecular weight excluding hydrogens is 362 g/mol. The average Bonchev–Trinajstić information content (AvgIpc) is 3.36. The molecule has 1 saturated heterocycles. The molecule has 0 radical (unpaired) electrons. The van der Waals surface area contributed by atoms with Gasteiger partial charge in [-0.1, -0.05) is 109 Å². The molecule has 30 heavy (non-hydrogen) atoms. The van der Waals surface area contributed by atoms with Crippen LogP contribution in [0.3, 0.4) is 0 Å². The Morgan fingerprint density at radius 3 is 1.37 bits per heavy atom. The van der Waals surface area contributed by atoms with Crippen molar-refractivity contribution >= 4 is 0 Å². The Morgan fingerprint density at radius 1 is 0.533 bits per heavy atom. The molecule has 1 heteroatoms. The van der Waals surface area contributed by atoms with E-state index < -0.39 is 0 Å². The van der Waals surface area contributed by atoms with Crippen LogP contribution in [0.4, 0.5) is 0 Å². The number of rotatable bonds is 5. The summed E-state index contributed by atoms with van der Waals surface area (Å²) >= 11 is 0. The minimum absolute atomic E-state index is 0.377. The van der Waals surface area contributed by atoms with Crippen LogP contribution in [-0.2, 0) is 0 Å². The third kappa shape index (κ3) is 3.94. The lowest BCUT2D eigenvalue weighted by Gasteiger charge is -2.25. The van der Waals surface area contributed by atoms with Crippen LogP contribution in [-0.4, -0.2) is 12.6 Å². The van der Waals surface area contributed by atoms with Crippen molar-refractivity contribution < 1.29 is 0 Å². The zero-order valence-corrected chi connectivity index (χ0v) is 17.2. The minimum Gasteiger partial charge on any atom is -0.313 e. The van der Waals surface area contributed by atoms with Crippen molar-refractivity contribution in [2.24, 2.45) is 0 Å². The molecule has 0 unspecified atom stereocenters. The highest BCUT2D eigenvalue weighted by molar-refractivity contribution is 5.65. The summed E-state index contributed by atoms with van der Waals surface area (Å²) in [6.45, 7) is 1.12. The fraction of sp³-hybridized carbons (Fsp3) is 0.172. The zero-order chi connectivity index (χ0) is 20.2. The van der Waals surface area contributed by atoms with Crippen molar-refractivity contribution in [3.63, 3.8) is 0 Å². The largest absolute Gasteiger partial charge is 0.313 e. The third-order valence-electron chi connectivity index (χ3n) is 6.25. The molecule has 1 atom stereocenters. The maximum atomic E-state index is 3.75. The molecule has 0 aromatic heterocycles. The summed E-state index contributed by atoms with van der Waals surface area (Å²) in [6, 6.07) is 40.1. The Bertz CT molecular complexity index is 978. The Kier molecular flexibility index (Phi) is 5.46. The van der Waals surface area contributed by atoms with E-state index in [-0.39, 0.29) is 0 Å². The number of benzene rings is 4. The highest BCUT2D eigenvalue weighted by Crippen LogP contribution is 2.34. The molecule has 1 aliphatic heterocycles. The topological polar surface area (TPSA) is 12.0 Å². The van der Waals surface area contributed by atoms with Gasteiger partial charge in [-0.25, -0.2) is 0 Å². The second-order valence-electron chi connectivity index (χ2n) is 8.16. The van der Waals surface area contributed by atoms with Crippen molar-refractivity contribution in [1.29, 1.82) is 0 Å². The Balaban J connectivity index is 1.47. The van der Waals surface area contributed by atoms with Gasteiger partial charge in [-0.2, -0.15) is 0 Å². The summed E-state index contributed by atoms with van der Waals surface area (Å²) in [5.74, 6) is 0.377. The van der Waals surface area contributed by atoms with Crippen molar-refractivity contribution in [3.05, 3.63) is 120 Å². The monoisotopic (exact) mass is 389 g/mol. The van der Waals surface area contributed by atoms with Gasteiger partial charge in [-0.05, 0) is 52.8 Å². The lowest BCUT2D eigenvalue weighted by Crippen LogP contribution is -2.29. The molecule has 1 N–H and O–H groups in total. The first kappa shape index (κ1) is 18.8. The van der Waals surface area contributed by atoms with E-state index in [4.69, 9.17) is 0 Å². The highest BCUT2D eigenvalue weighted by atomic mass is 14.9. The summed E-state index contributed by atoms with van der Waals surface area (Å²) in [5.41, 5.74) is 7.87. The zero-order valence-electron chi connectivity index (χ0n) is 17.2. The van der Waals surface area contributed by atoms with E-state index in [2.05, 4.69) is 115 Å². The normalized spacial score (nSPS) is 16.1. The number of hydrogen-bond acceptors (Lipinski definition) is 1. The van der Waals surface area contributed by atoms with E-state index in [0.717, 1.165) is 6.54 Å². The molecular formula is C29H27N. The fourth-order valence-electron chi connectivity index (χ4n) is 4.68. The van der Waals surface area contributed by atoms with Gasteiger partial charge in [0.1, 0.15) is 0 Å². The van der Waals surface area contributed by atoms with Crippen LogP contribution < -0.4 is 5.32 Å². The molecule has 0 spiro atoms. The molecule has 1 heterocycles. The van der Waals surface area contributed by atoms with Gasteiger partial charge in [-0.15, -0.1) is 0 Å². The fourth-order valence-corrected chi connectivity index (χ4v) is 4.68. The van der Waals surface area contributed by atoms with Gasteiger partial charge in [0.25, 0.3) is 0 Å². The van der Waals surface area contributed by atoms with E-state index in [0.29, 0.717) is 12.0 Å². The van der Waals surface area contributed by atoms with Gasteiger partial charge in [0.15, 0.2) is 0 Å². The molecule has 1 nitrogen and oxygen atoms in total. The van der Waals surface area contributed by atoms with Crippen LogP contribution in [0.1, 0.15) is 29.9 Å². The van der Waals surface area contributed by atoms with E-state index in [9.17, 15) is 0 Å². The summed E-state index contributed by atoms with van der Waals surface area (Å²) in [5, 5.41) is 3.75. The van der Waals surface area contributed by atoms with Crippen LogP contribution >= 0.6 is 0 Å². The summed E-state index contributed by atoms with van der Waals surface area (Å²) in [6.07, 6.45) is 2.48. The van der Waals surface area contributed by atoms with Gasteiger partial charge in [0.2, 0.25) is 0 Å². The maximum Gasteiger partial charge on any atom is 0.0243 e. The average molecular weight is 390 g/mol. The summed E-state index contributed by atoms with van der Waals surface area (Å²) < 4.78 is 0. The third-order valence-corrected chi connectivity index (χ3v) is 6.25. The van der Waals surface area contributed by atoms with Gasteiger partial charge in [0, 0.05) is 12.0 Å². The van der Waals surface area contributed by atoms with Crippen LogP contribution in [0.15, 0.2) is 109 Å². The molecule has 148 valence electrons. The molecule has 4 aromatic carbocycles. The summed E-state index contributed by atoms with van der Waals surface area (Å²) in [4.78, 5) is 0. The van der Waals surface area contributed by atoms with Crippen LogP contribution in [0.2, 0.25) is 0 Å². The van der Waals surface area contributed by atoms with Gasteiger partial charge in [-0.3, -0.25) is 0 Å². The molecule has 0 bridgehead atoms. The molecule has 0 saturated carbocycles. The SMILES string of the molecule is c1ccc(-c2ccc(C(c3ccc(-c4ccccc4)cc3)[C@H]3CCCN3)cc2)cc1. The Morgan fingerprint density at radius 2 is 0.967 bits per heavy atom. The lowest BCUT2D eigenvalue weighted by molar-refractivity contribution is 0.540.